The highest BCUT2D eigenvalue weighted by Crippen LogP contribution is 1.93. The fraction of sp³-hybridized carbons (Fsp3) is 0.700. The van der Waals surface area contributed by atoms with Gasteiger partial charge in [-0.15, -0.1) is 0 Å². The second kappa shape index (κ2) is 6.73. The van der Waals surface area contributed by atoms with Crippen molar-refractivity contribution in [3.05, 3.63) is 18.2 Å². The first kappa shape index (κ1) is 14.1. The quantitative estimate of drug-likeness (QED) is 0.583. The van der Waals surface area contributed by atoms with Gasteiger partial charge in [0.25, 0.3) is 0 Å². The molecule has 98 valence electrons. The first-order chi connectivity index (χ1) is 7.99. The Morgan fingerprint density at radius 2 is 2.24 bits per heavy atom. The van der Waals surface area contributed by atoms with E-state index in [1.54, 1.807) is 12.4 Å². The second-order valence-electron chi connectivity index (χ2n) is 4.14. The van der Waals surface area contributed by atoms with Crippen LogP contribution in [0.15, 0.2) is 12.4 Å². The molecule has 0 radical (unpaired) electrons. The fourth-order valence-corrected chi connectivity index (χ4v) is 2.32. The van der Waals surface area contributed by atoms with Crippen LogP contribution >= 0.6 is 0 Å². The number of H-pyrrole nitrogens is 1. The molecule has 0 aromatic carbocycles. The van der Waals surface area contributed by atoms with E-state index in [0.29, 0.717) is 24.8 Å². The van der Waals surface area contributed by atoms with Crippen LogP contribution in [0.1, 0.15) is 26.1 Å². The smallest absolute Gasteiger partial charge is 0.212 e. The number of aromatic amines is 1. The zero-order valence-corrected chi connectivity index (χ0v) is 11.0. The predicted octanol–water partition coefficient (Wildman–Crippen LogP) is 0.217. The van der Waals surface area contributed by atoms with Crippen LogP contribution in [0.3, 0.4) is 0 Å². The fourth-order valence-electron chi connectivity index (χ4n) is 1.30. The van der Waals surface area contributed by atoms with E-state index in [0.717, 1.165) is 0 Å². The highest BCUT2D eigenvalue weighted by Gasteiger charge is 2.10. The van der Waals surface area contributed by atoms with Crippen molar-refractivity contribution in [1.82, 2.24) is 20.0 Å². The molecule has 1 rings (SSSR count). The Balaban J connectivity index is 2.22. The molecule has 1 aromatic rings. The number of rotatable bonds is 8. The Labute approximate surface area is 102 Å². The summed E-state index contributed by atoms with van der Waals surface area (Å²) in [4.78, 5) is 6.79. The molecule has 0 fully saturated rings. The lowest BCUT2D eigenvalue weighted by molar-refractivity contribution is 0.560. The molecule has 0 aliphatic heterocycles. The molecule has 0 saturated carbocycles. The molecule has 17 heavy (non-hydrogen) atoms. The van der Waals surface area contributed by atoms with Gasteiger partial charge < -0.3 is 10.3 Å². The molecular weight excluding hydrogens is 240 g/mol. The first-order valence-corrected chi connectivity index (χ1v) is 7.34. The molecule has 0 spiro atoms. The van der Waals surface area contributed by atoms with E-state index in [2.05, 4.69) is 20.0 Å². The number of aromatic nitrogens is 2. The molecular formula is C10H20N4O2S. The average molecular weight is 260 g/mol. The minimum Gasteiger partial charge on any atom is -0.347 e. The van der Waals surface area contributed by atoms with Crippen molar-refractivity contribution >= 4 is 10.0 Å². The Kier molecular flexibility index (Phi) is 5.60. The Bertz CT molecular complexity index is 400. The summed E-state index contributed by atoms with van der Waals surface area (Å²) in [6.45, 7) is 4.99. The van der Waals surface area contributed by atoms with Crippen LogP contribution in [0.5, 0.6) is 0 Å². The van der Waals surface area contributed by atoms with E-state index in [1.165, 1.54) is 0 Å². The van der Waals surface area contributed by atoms with Crippen molar-refractivity contribution in [2.24, 2.45) is 0 Å². The van der Waals surface area contributed by atoms with Gasteiger partial charge in [0.1, 0.15) is 5.82 Å². The van der Waals surface area contributed by atoms with Gasteiger partial charge in [0, 0.05) is 18.4 Å². The zero-order chi connectivity index (χ0) is 12.7. The zero-order valence-electron chi connectivity index (χ0n) is 10.2. The minimum absolute atomic E-state index is 0.132. The van der Waals surface area contributed by atoms with Gasteiger partial charge >= 0.3 is 0 Å². The molecule has 0 saturated heterocycles. The van der Waals surface area contributed by atoms with Gasteiger partial charge in [-0.25, -0.2) is 18.1 Å². The molecule has 0 aliphatic rings. The van der Waals surface area contributed by atoms with Crippen LogP contribution in [-0.2, 0) is 16.6 Å². The van der Waals surface area contributed by atoms with Crippen molar-refractivity contribution in [2.75, 3.05) is 12.3 Å². The number of nitrogens with zero attached hydrogens (tertiary/aromatic N) is 1. The van der Waals surface area contributed by atoms with Crippen molar-refractivity contribution in [3.8, 4) is 0 Å². The average Bonchev–Trinajstić information content (AvgIpc) is 2.74. The largest absolute Gasteiger partial charge is 0.347 e. The lowest BCUT2D eigenvalue weighted by Crippen LogP contribution is -2.30. The van der Waals surface area contributed by atoms with E-state index >= 15 is 0 Å². The molecule has 0 aliphatic carbocycles. The maximum atomic E-state index is 11.6. The van der Waals surface area contributed by atoms with Crippen LogP contribution in [0.2, 0.25) is 0 Å². The lowest BCUT2D eigenvalue weighted by atomic mass is 10.4. The molecule has 3 N–H and O–H groups in total. The van der Waals surface area contributed by atoms with Crippen molar-refractivity contribution in [3.63, 3.8) is 0 Å². The van der Waals surface area contributed by atoms with Crippen LogP contribution in [0.4, 0.5) is 0 Å². The summed E-state index contributed by atoms with van der Waals surface area (Å²) in [5.74, 6) is 0.752. The second-order valence-corrected chi connectivity index (χ2v) is 6.06. The van der Waals surface area contributed by atoms with E-state index in [9.17, 15) is 8.42 Å². The lowest BCUT2D eigenvalue weighted by Gasteiger charge is -2.08. The number of imidazole rings is 1. The number of hydrogen-bond acceptors (Lipinski definition) is 4. The highest BCUT2D eigenvalue weighted by molar-refractivity contribution is 7.89. The monoisotopic (exact) mass is 260 g/mol. The molecule has 1 heterocycles. The molecule has 0 unspecified atom stereocenters. The van der Waals surface area contributed by atoms with Crippen molar-refractivity contribution in [1.29, 1.82) is 0 Å². The molecule has 0 atom stereocenters. The summed E-state index contributed by atoms with van der Waals surface area (Å²) < 4.78 is 25.7. The summed E-state index contributed by atoms with van der Waals surface area (Å²) in [5, 5.41) is 3.18. The molecule has 7 heteroatoms. The Hall–Kier alpha value is -0.920. The van der Waals surface area contributed by atoms with Gasteiger partial charge in [-0.05, 0) is 13.0 Å². The van der Waals surface area contributed by atoms with Crippen LogP contribution in [0, 0.1) is 0 Å². The van der Waals surface area contributed by atoms with Gasteiger partial charge in [-0.2, -0.15) is 0 Å². The van der Waals surface area contributed by atoms with Gasteiger partial charge in [-0.3, -0.25) is 0 Å². The van der Waals surface area contributed by atoms with E-state index in [4.69, 9.17) is 0 Å². The van der Waals surface area contributed by atoms with Crippen LogP contribution in [-0.4, -0.2) is 36.7 Å². The third kappa shape index (κ3) is 6.40. The van der Waals surface area contributed by atoms with Gasteiger partial charge in [-0.1, -0.05) is 13.8 Å². The highest BCUT2D eigenvalue weighted by atomic mass is 32.2. The third-order valence-corrected chi connectivity index (χ3v) is 3.57. The maximum Gasteiger partial charge on any atom is 0.212 e. The molecule has 0 bridgehead atoms. The summed E-state index contributed by atoms with van der Waals surface area (Å²) in [6, 6.07) is 0.383. The minimum atomic E-state index is -3.21. The standard InChI is InChI=1S/C10H20N4O2S/c1-9(2)11-4-3-7-17(15,16)14-8-10-12-5-6-13-10/h5-6,9,11,14H,3-4,7-8H2,1-2H3,(H,12,13). The summed E-state index contributed by atoms with van der Waals surface area (Å²) in [7, 11) is -3.21. The maximum absolute atomic E-state index is 11.6. The third-order valence-electron chi connectivity index (χ3n) is 2.16. The predicted molar refractivity (Wildman–Crippen MR) is 67.0 cm³/mol. The van der Waals surface area contributed by atoms with E-state index < -0.39 is 10.0 Å². The number of nitrogens with one attached hydrogen (secondary N) is 3. The van der Waals surface area contributed by atoms with Gasteiger partial charge in [0.05, 0.1) is 12.3 Å². The summed E-state index contributed by atoms with van der Waals surface area (Å²) in [5.41, 5.74) is 0. The molecule has 0 amide bonds. The van der Waals surface area contributed by atoms with E-state index in [-0.39, 0.29) is 12.3 Å². The SMILES string of the molecule is CC(C)NCCCS(=O)(=O)NCc1ncc[nH]1. The topological polar surface area (TPSA) is 86.9 Å². The Morgan fingerprint density at radius 1 is 1.47 bits per heavy atom. The Morgan fingerprint density at radius 3 is 2.82 bits per heavy atom. The summed E-state index contributed by atoms with van der Waals surface area (Å²) >= 11 is 0. The van der Waals surface area contributed by atoms with Gasteiger partial charge in [0.15, 0.2) is 0 Å². The van der Waals surface area contributed by atoms with Gasteiger partial charge in [0.2, 0.25) is 10.0 Å². The van der Waals surface area contributed by atoms with Crippen LogP contribution < -0.4 is 10.0 Å². The van der Waals surface area contributed by atoms with E-state index in [1.807, 2.05) is 13.8 Å². The van der Waals surface area contributed by atoms with Crippen molar-refractivity contribution in [2.45, 2.75) is 32.9 Å². The number of hydrogen-bond donors (Lipinski definition) is 3. The normalized spacial score (nSPS) is 12.2. The van der Waals surface area contributed by atoms with Crippen molar-refractivity contribution < 1.29 is 8.42 Å². The van der Waals surface area contributed by atoms with Crippen LogP contribution in [0.25, 0.3) is 0 Å². The molecule has 6 nitrogen and oxygen atoms in total. The molecule has 1 aromatic heterocycles. The number of sulfonamides is 1. The first-order valence-electron chi connectivity index (χ1n) is 5.68. The summed E-state index contributed by atoms with van der Waals surface area (Å²) in [6.07, 6.45) is 3.86.